The minimum absolute atomic E-state index is 0.0631. The quantitative estimate of drug-likeness (QED) is 0.161. The number of amidine groups is 1. The molecule has 2 unspecified atom stereocenters. The fraction of sp³-hybridized carbons (Fsp3) is 0.0714. The highest BCUT2D eigenvalue weighted by Gasteiger charge is 2.32. The summed E-state index contributed by atoms with van der Waals surface area (Å²) in [5, 5.41) is 9.82. The van der Waals surface area contributed by atoms with E-state index in [1.807, 2.05) is 0 Å². The lowest BCUT2D eigenvalue weighted by atomic mass is 9.82. The third-order valence-corrected chi connectivity index (χ3v) is 12.7. The van der Waals surface area contributed by atoms with E-state index in [-0.39, 0.29) is 12.0 Å². The van der Waals surface area contributed by atoms with Gasteiger partial charge in [-0.1, -0.05) is 153 Å². The lowest BCUT2D eigenvalue weighted by Gasteiger charge is -2.30. The van der Waals surface area contributed by atoms with E-state index in [1.165, 1.54) is 70.7 Å². The van der Waals surface area contributed by atoms with Crippen molar-refractivity contribution in [1.29, 1.82) is 0 Å². The zero-order chi connectivity index (χ0) is 39.7. The van der Waals surface area contributed by atoms with E-state index in [2.05, 4.69) is 216 Å². The van der Waals surface area contributed by atoms with Gasteiger partial charge >= 0.3 is 0 Å². The maximum Gasteiger partial charge on any atom is 0.155 e. The van der Waals surface area contributed by atoms with E-state index in [1.54, 1.807) is 0 Å². The van der Waals surface area contributed by atoms with Crippen LogP contribution in [0.3, 0.4) is 0 Å². The second-order valence-electron chi connectivity index (χ2n) is 16.0. The van der Waals surface area contributed by atoms with Crippen molar-refractivity contribution in [2.45, 2.75) is 19.4 Å². The van der Waals surface area contributed by atoms with Gasteiger partial charge in [-0.3, -0.25) is 4.99 Å². The van der Waals surface area contributed by atoms with Crippen molar-refractivity contribution in [1.82, 2.24) is 9.13 Å². The molecule has 0 aliphatic carbocycles. The van der Waals surface area contributed by atoms with Crippen LogP contribution in [0.5, 0.6) is 0 Å². The Morgan fingerprint density at radius 1 is 0.433 bits per heavy atom. The monoisotopic (exact) mass is 768 g/mol. The fourth-order valence-corrected chi connectivity index (χ4v) is 9.88. The Balaban J connectivity index is 1.16. The molecule has 284 valence electrons. The molecule has 1 aliphatic rings. The molecule has 0 saturated carbocycles. The van der Waals surface area contributed by atoms with Crippen LogP contribution in [-0.2, 0) is 0 Å². The summed E-state index contributed by atoms with van der Waals surface area (Å²) in [6.07, 6.45) is 0.901. The van der Waals surface area contributed by atoms with Gasteiger partial charge in [0.05, 0.1) is 39.5 Å². The van der Waals surface area contributed by atoms with Crippen LogP contribution in [0.15, 0.2) is 210 Å². The summed E-state index contributed by atoms with van der Waals surface area (Å²) in [5.41, 5.74) is 11.4. The molecule has 0 saturated heterocycles. The van der Waals surface area contributed by atoms with E-state index in [9.17, 15) is 0 Å². The third kappa shape index (κ3) is 5.38. The first kappa shape index (κ1) is 34.5. The first-order chi connectivity index (χ1) is 29.7. The van der Waals surface area contributed by atoms with Gasteiger partial charge in [-0.25, -0.2) is 4.99 Å². The van der Waals surface area contributed by atoms with Crippen molar-refractivity contribution < 1.29 is 0 Å². The highest BCUT2D eigenvalue weighted by atomic mass is 15.0. The first-order valence-corrected chi connectivity index (χ1v) is 21.0. The number of rotatable bonds is 6. The van der Waals surface area contributed by atoms with Crippen LogP contribution in [0.25, 0.3) is 76.5 Å². The van der Waals surface area contributed by atoms with Crippen molar-refractivity contribution in [2.24, 2.45) is 15.9 Å². The van der Waals surface area contributed by atoms with Gasteiger partial charge in [0, 0.05) is 44.1 Å². The number of hydrogen-bond donors (Lipinski definition) is 0. The zero-order valence-corrected chi connectivity index (χ0v) is 33.2. The van der Waals surface area contributed by atoms with E-state index < -0.39 is 0 Å². The maximum atomic E-state index is 5.49. The van der Waals surface area contributed by atoms with Crippen molar-refractivity contribution >= 4 is 76.7 Å². The fourth-order valence-electron chi connectivity index (χ4n) is 9.88. The Kier molecular flexibility index (Phi) is 7.92. The highest BCUT2D eigenvalue weighted by Crippen LogP contribution is 2.43. The van der Waals surface area contributed by atoms with Crippen LogP contribution in [0.2, 0.25) is 0 Å². The van der Waals surface area contributed by atoms with Crippen molar-refractivity contribution in [3.05, 3.63) is 217 Å². The summed E-state index contributed by atoms with van der Waals surface area (Å²) < 4.78 is 4.95. The van der Waals surface area contributed by atoms with Crippen LogP contribution in [0.1, 0.15) is 36.1 Å². The normalized spacial score (nSPS) is 15.7. The molecule has 4 heteroatoms. The van der Waals surface area contributed by atoms with Crippen molar-refractivity contribution in [3.63, 3.8) is 0 Å². The number of fused-ring (bicyclic) bond motifs is 8. The molecular weight excluding hydrogens is 729 g/mol. The molecule has 0 amide bonds. The standard InChI is InChI=1S/C56H40N4/c1-2-43-54(36-18-6-3-7-19-36)57-56(37-20-8-4-9-21-37)58-55(43)41-30-40-24-14-15-27-44(40)50(33-41)60-49-29-17-16-28-45(49)47-34-48-46-31-38-22-12-13-23-39(38)32-51(46)59(52(48)35-53(47)60)42-25-10-5-11-26-42/h3-35,43,54H,2H2,1H3. The summed E-state index contributed by atoms with van der Waals surface area (Å²) >= 11 is 0. The molecule has 3 heterocycles. The molecule has 0 radical (unpaired) electrons. The van der Waals surface area contributed by atoms with Gasteiger partial charge in [-0.05, 0) is 88.3 Å². The summed E-state index contributed by atoms with van der Waals surface area (Å²) in [7, 11) is 0. The molecule has 1 aliphatic heterocycles. The third-order valence-electron chi connectivity index (χ3n) is 12.7. The number of aliphatic imine (C=N–C) groups is 2. The highest BCUT2D eigenvalue weighted by molar-refractivity contribution is 6.22. The predicted molar refractivity (Wildman–Crippen MR) is 253 cm³/mol. The number of benzene rings is 9. The SMILES string of the molecule is CCC1C(c2cc(-n3c4ccccc4c4cc5c6cc7ccccc7cc6n(-c6ccccc6)c5cc43)c3ccccc3c2)=NC(c2ccccc2)=NC1c1ccccc1. The molecule has 0 N–H and O–H groups in total. The van der Waals surface area contributed by atoms with E-state index in [0.717, 1.165) is 40.5 Å². The molecule has 2 aromatic heterocycles. The van der Waals surface area contributed by atoms with Gasteiger partial charge in [-0.2, -0.15) is 0 Å². The molecule has 4 nitrogen and oxygen atoms in total. The topological polar surface area (TPSA) is 34.6 Å². The Labute approximate surface area is 348 Å². The lowest BCUT2D eigenvalue weighted by Crippen LogP contribution is -2.28. The van der Waals surface area contributed by atoms with Gasteiger partial charge in [0.15, 0.2) is 5.84 Å². The first-order valence-electron chi connectivity index (χ1n) is 21.0. The molecule has 9 aromatic carbocycles. The summed E-state index contributed by atoms with van der Waals surface area (Å²) in [5.74, 6) is 0.864. The lowest BCUT2D eigenvalue weighted by molar-refractivity contribution is 0.532. The Morgan fingerprint density at radius 3 is 1.78 bits per heavy atom. The molecule has 0 spiro atoms. The second kappa shape index (κ2) is 13.8. The predicted octanol–water partition coefficient (Wildman–Crippen LogP) is 14.2. The number of aromatic nitrogens is 2. The minimum Gasteiger partial charge on any atom is -0.309 e. The Hall–Kier alpha value is -7.56. The van der Waals surface area contributed by atoms with Crippen LogP contribution in [-0.4, -0.2) is 20.7 Å². The van der Waals surface area contributed by atoms with Crippen LogP contribution < -0.4 is 0 Å². The molecule has 11 aromatic rings. The van der Waals surface area contributed by atoms with Crippen LogP contribution in [0, 0.1) is 5.92 Å². The number of nitrogens with zero attached hydrogens (tertiary/aromatic N) is 4. The second-order valence-corrected chi connectivity index (χ2v) is 16.0. The van der Waals surface area contributed by atoms with Crippen molar-refractivity contribution in [2.75, 3.05) is 0 Å². The molecular formula is C56H40N4. The van der Waals surface area contributed by atoms with Crippen molar-refractivity contribution in [3.8, 4) is 11.4 Å². The van der Waals surface area contributed by atoms with Gasteiger partial charge < -0.3 is 9.13 Å². The average Bonchev–Trinajstić information content (AvgIpc) is 3.81. The van der Waals surface area contributed by atoms with Crippen LogP contribution >= 0.6 is 0 Å². The maximum absolute atomic E-state index is 5.49. The Morgan fingerprint density at radius 2 is 1.02 bits per heavy atom. The molecule has 12 rings (SSSR count). The van der Waals surface area contributed by atoms with Gasteiger partial charge in [-0.15, -0.1) is 0 Å². The smallest absolute Gasteiger partial charge is 0.155 e. The number of hydrogen-bond acceptors (Lipinski definition) is 2. The minimum atomic E-state index is -0.0631. The van der Waals surface area contributed by atoms with E-state index in [4.69, 9.17) is 9.98 Å². The van der Waals surface area contributed by atoms with E-state index in [0.29, 0.717) is 0 Å². The zero-order valence-electron chi connectivity index (χ0n) is 33.2. The van der Waals surface area contributed by atoms with Gasteiger partial charge in [0.1, 0.15) is 0 Å². The molecule has 60 heavy (non-hydrogen) atoms. The number of para-hydroxylation sites is 2. The van der Waals surface area contributed by atoms with Gasteiger partial charge in [0.2, 0.25) is 0 Å². The van der Waals surface area contributed by atoms with E-state index >= 15 is 0 Å². The summed E-state index contributed by atoms with van der Waals surface area (Å²) in [4.78, 5) is 10.9. The largest absolute Gasteiger partial charge is 0.309 e. The Bertz CT molecular complexity index is 3520. The van der Waals surface area contributed by atoms with Gasteiger partial charge in [0.25, 0.3) is 0 Å². The molecule has 0 bridgehead atoms. The molecule has 0 fully saturated rings. The molecule has 2 atom stereocenters. The summed E-state index contributed by atoms with van der Waals surface area (Å²) in [6.45, 7) is 2.27. The van der Waals surface area contributed by atoms with Crippen LogP contribution in [0.4, 0.5) is 0 Å². The average molecular weight is 769 g/mol. The summed E-state index contributed by atoms with van der Waals surface area (Å²) in [6, 6.07) is 72.7.